The van der Waals surface area contributed by atoms with E-state index in [9.17, 15) is 35.9 Å². The van der Waals surface area contributed by atoms with E-state index in [1.54, 1.807) is 13.8 Å². The monoisotopic (exact) mass is 646 g/mol. The molecular weight excluding hydrogens is 613 g/mol. The zero-order valence-corrected chi connectivity index (χ0v) is 25.3. The van der Waals surface area contributed by atoms with Crippen molar-refractivity contribution in [2.24, 2.45) is 0 Å². The SMILES string of the molecule is CCCOCN(C(=O)CCl)c1c(C)cccc1C(F)(F)F.Cc1cccc(C(F)(F)F)c1N(COC(C)C)C(=O)CCl. The van der Waals surface area contributed by atoms with Crippen molar-refractivity contribution in [3.05, 3.63) is 58.7 Å². The summed E-state index contributed by atoms with van der Waals surface area (Å²) in [6, 6.07) is 7.50. The maximum absolute atomic E-state index is 13.1. The quantitative estimate of drug-likeness (QED) is 0.108. The van der Waals surface area contributed by atoms with Gasteiger partial charge in [0, 0.05) is 6.61 Å². The molecule has 2 aromatic carbocycles. The smallest absolute Gasteiger partial charge is 0.361 e. The predicted octanol–water partition coefficient (Wildman–Crippen LogP) is 7.94. The van der Waals surface area contributed by atoms with Crippen LogP contribution < -0.4 is 9.80 Å². The Bertz CT molecular complexity index is 1180. The molecule has 0 saturated heterocycles. The predicted molar refractivity (Wildman–Crippen MR) is 151 cm³/mol. The lowest BCUT2D eigenvalue weighted by atomic mass is 10.1. The number of ether oxygens (including phenoxy) is 2. The van der Waals surface area contributed by atoms with E-state index in [-0.39, 0.29) is 30.9 Å². The fraction of sp³-hybridized carbons (Fsp3) is 0.500. The fourth-order valence-corrected chi connectivity index (χ4v) is 3.97. The molecule has 0 saturated carbocycles. The Morgan fingerprint density at radius 3 is 1.52 bits per heavy atom. The molecular formula is C28H34Cl2F6N2O4. The van der Waals surface area contributed by atoms with E-state index in [0.29, 0.717) is 24.2 Å². The Balaban J connectivity index is 0.000000420. The molecule has 0 aliphatic carbocycles. The van der Waals surface area contributed by atoms with Gasteiger partial charge in [0.2, 0.25) is 11.8 Å². The average molecular weight is 647 g/mol. The van der Waals surface area contributed by atoms with Crippen LogP contribution in [0.5, 0.6) is 0 Å². The highest BCUT2D eigenvalue weighted by molar-refractivity contribution is 6.29. The van der Waals surface area contributed by atoms with Gasteiger partial charge >= 0.3 is 12.4 Å². The van der Waals surface area contributed by atoms with Crippen LogP contribution in [0, 0.1) is 13.8 Å². The molecule has 0 unspecified atom stereocenters. The first-order valence-corrected chi connectivity index (χ1v) is 13.8. The number of hydrogen-bond donors (Lipinski definition) is 0. The standard InChI is InChI=1S/2C14H17ClF3NO2/c1-9(2)21-8-19(12(20)7-15)13-10(3)5-4-6-11(13)14(16,17)18;1-3-7-21-9-19(12(20)8-15)13-10(2)5-4-6-11(13)14(16,17)18/h4-6,9H,7-8H2,1-3H3;4-6H,3,7-9H2,1-2H3. The van der Waals surface area contributed by atoms with E-state index >= 15 is 0 Å². The second-order valence-electron chi connectivity index (χ2n) is 9.23. The van der Waals surface area contributed by atoms with Crippen molar-refractivity contribution in [3.63, 3.8) is 0 Å². The normalized spacial score (nSPS) is 11.7. The number of alkyl halides is 8. The molecule has 0 N–H and O–H groups in total. The van der Waals surface area contributed by atoms with Gasteiger partial charge in [0.15, 0.2) is 0 Å². The molecule has 0 heterocycles. The molecule has 0 aromatic heterocycles. The maximum atomic E-state index is 13.1. The Morgan fingerprint density at radius 1 is 0.786 bits per heavy atom. The Kier molecular flexibility index (Phi) is 15.1. The van der Waals surface area contributed by atoms with E-state index in [2.05, 4.69) is 0 Å². The molecule has 0 aliphatic rings. The number of hydrogen-bond acceptors (Lipinski definition) is 4. The summed E-state index contributed by atoms with van der Waals surface area (Å²) in [4.78, 5) is 25.7. The summed E-state index contributed by atoms with van der Waals surface area (Å²) in [5, 5.41) is 0. The lowest BCUT2D eigenvalue weighted by Crippen LogP contribution is -2.37. The van der Waals surface area contributed by atoms with Gasteiger partial charge in [-0.25, -0.2) is 0 Å². The fourth-order valence-electron chi connectivity index (χ4n) is 3.68. The first-order valence-electron chi connectivity index (χ1n) is 12.8. The molecule has 6 nitrogen and oxygen atoms in total. The van der Waals surface area contributed by atoms with Crippen LogP contribution in [0.3, 0.4) is 0 Å². The van der Waals surface area contributed by atoms with Gasteiger partial charge in [0.05, 0.1) is 28.6 Å². The van der Waals surface area contributed by atoms with Crippen LogP contribution in [0.4, 0.5) is 37.7 Å². The molecule has 0 atom stereocenters. The lowest BCUT2D eigenvalue weighted by Gasteiger charge is -2.27. The van der Waals surface area contributed by atoms with Crippen LogP contribution in [0.15, 0.2) is 36.4 Å². The van der Waals surface area contributed by atoms with Crippen molar-refractivity contribution in [3.8, 4) is 0 Å². The van der Waals surface area contributed by atoms with Gasteiger partial charge in [-0.15, -0.1) is 23.2 Å². The zero-order chi connectivity index (χ0) is 32.3. The number of carbonyl (C=O) groups is 2. The molecule has 0 spiro atoms. The van der Waals surface area contributed by atoms with Crippen LogP contribution in [-0.4, -0.2) is 49.7 Å². The van der Waals surface area contributed by atoms with Crippen LogP contribution >= 0.6 is 23.2 Å². The number of halogens is 8. The third-order valence-electron chi connectivity index (χ3n) is 5.56. The summed E-state index contributed by atoms with van der Waals surface area (Å²) in [6.07, 6.45) is -8.65. The Labute approximate surface area is 251 Å². The van der Waals surface area contributed by atoms with E-state index < -0.39 is 47.1 Å². The summed E-state index contributed by atoms with van der Waals surface area (Å²) < 4.78 is 89.3. The van der Waals surface area contributed by atoms with Crippen LogP contribution in [0.2, 0.25) is 0 Å². The second kappa shape index (κ2) is 16.9. The molecule has 2 amide bonds. The van der Waals surface area contributed by atoms with Crippen molar-refractivity contribution in [2.75, 3.05) is 41.6 Å². The number of rotatable bonds is 11. The molecule has 42 heavy (non-hydrogen) atoms. The van der Waals surface area contributed by atoms with Crippen LogP contribution in [-0.2, 0) is 31.4 Å². The minimum absolute atomic E-state index is 0.202. The number of amides is 2. The zero-order valence-electron chi connectivity index (χ0n) is 23.8. The van der Waals surface area contributed by atoms with Crippen molar-refractivity contribution >= 4 is 46.4 Å². The third kappa shape index (κ3) is 10.9. The van der Waals surface area contributed by atoms with E-state index in [1.165, 1.54) is 38.1 Å². The second-order valence-corrected chi connectivity index (χ2v) is 9.76. The van der Waals surface area contributed by atoms with Gasteiger partial charge in [-0.2, -0.15) is 26.3 Å². The number of nitrogens with zero attached hydrogens (tertiary/aromatic N) is 2. The van der Waals surface area contributed by atoms with Crippen molar-refractivity contribution in [1.82, 2.24) is 0 Å². The first-order chi connectivity index (χ1) is 19.5. The molecule has 2 aromatic rings. The third-order valence-corrected chi connectivity index (χ3v) is 6.02. The summed E-state index contributed by atoms with van der Waals surface area (Å²) in [7, 11) is 0. The minimum atomic E-state index is -4.57. The summed E-state index contributed by atoms with van der Waals surface area (Å²) in [5.74, 6) is -2.11. The molecule has 236 valence electrons. The number of carbonyl (C=O) groups excluding carboxylic acids is 2. The average Bonchev–Trinajstić information content (AvgIpc) is 2.90. The highest BCUT2D eigenvalue weighted by atomic mass is 35.5. The van der Waals surface area contributed by atoms with Crippen molar-refractivity contribution < 1.29 is 45.4 Å². The number of benzene rings is 2. The minimum Gasteiger partial charge on any atom is -0.361 e. The highest BCUT2D eigenvalue weighted by Gasteiger charge is 2.38. The maximum Gasteiger partial charge on any atom is 0.418 e. The van der Waals surface area contributed by atoms with Gasteiger partial charge < -0.3 is 9.47 Å². The molecule has 0 fully saturated rings. The molecule has 0 aliphatic heterocycles. The van der Waals surface area contributed by atoms with Crippen LogP contribution in [0.1, 0.15) is 49.4 Å². The van der Waals surface area contributed by atoms with Gasteiger partial charge in [0.1, 0.15) is 25.2 Å². The number of anilines is 2. The molecule has 2 rings (SSSR count). The molecule has 0 radical (unpaired) electrons. The van der Waals surface area contributed by atoms with Gasteiger partial charge in [-0.1, -0.05) is 31.2 Å². The van der Waals surface area contributed by atoms with Gasteiger partial charge in [-0.05, 0) is 57.4 Å². The van der Waals surface area contributed by atoms with E-state index in [1.807, 2.05) is 6.92 Å². The largest absolute Gasteiger partial charge is 0.418 e. The van der Waals surface area contributed by atoms with E-state index in [4.69, 9.17) is 32.7 Å². The summed E-state index contributed by atoms with van der Waals surface area (Å²) >= 11 is 11.0. The van der Waals surface area contributed by atoms with Crippen molar-refractivity contribution in [1.29, 1.82) is 0 Å². The Morgan fingerprint density at radius 2 is 1.19 bits per heavy atom. The number of aryl methyl sites for hydroxylation is 2. The lowest BCUT2D eigenvalue weighted by molar-refractivity contribution is -0.138. The Hall–Kier alpha value is -2.54. The van der Waals surface area contributed by atoms with Crippen molar-refractivity contribution in [2.45, 2.75) is 59.5 Å². The van der Waals surface area contributed by atoms with Gasteiger partial charge in [0.25, 0.3) is 0 Å². The van der Waals surface area contributed by atoms with E-state index in [0.717, 1.165) is 21.9 Å². The van der Waals surface area contributed by atoms with Crippen LogP contribution in [0.25, 0.3) is 0 Å². The summed E-state index contributed by atoms with van der Waals surface area (Å²) in [5.41, 5.74) is -1.50. The first kappa shape index (κ1) is 37.5. The number of para-hydroxylation sites is 2. The molecule has 0 bridgehead atoms. The molecule has 14 heteroatoms. The van der Waals surface area contributed by atoms with Gasteiger partial charge in [-0.3, -0.25) is 19.4 Å². The topological polar surface area (TPSA) is 59.1 Å². The summed E-state index contributed by atoms with van der Waals surface area (Å²) in [6.45, 7) is 8.15. The highest BCUT2D eigenvalue weighted by Crippen LogP contribution is 2.39.